The van der Waals surface area contributed by atoms with Gasteiger partial charge in [0.15, 0.2) is 0 Å². The number of carbonyl (C=O) groups excluding carboxylic acids is 2. The molecule has 0 bridgehead atoms. The molecular weight excluding hydrogens is 328 g/mol. The number of carbonyl (C=O) groups is 2. The Morgan fingerprint density at radius 3 is 2.42 bits per heavy atom. The summed E-state index contributed by atoms with van der Waals surface area (Å²) in [7, 11) is 0. The summed E-state index contributed by atoms with van der Waals surface area (Å²) in [6.45, 7) is 4.19. The van der Waals surface area contributed by atoms with Gasteiger partial charge in [0.05, 0.1) is 6.04 Å². The second-order valence-corrected chi connectivity index (χ2v) is 7.67. The molecule has 0 spiro atoms. The van der Waals surface area contributed by atoms with Gasteiger partial charge in [-0.25, -0.2) is 0 Å². The van der Waals surface area contributed by atoms with E-state index in [-0.39, 0.29) is 17.9 Å². The van der Waals surface area contributed by atoms with E-state index < -0.39 is 0 Å². The Balaban J connectivity index is 1.28. The molecule has 4 rings (SSSR count). The van der Waals surface area contributed by atoms with Gasteiger partial charge in [0.2, 0.25) is 5.91 Å². The smallest absolute Gasteiger partial charge is 0.253 e. The van der Waals surface area contributed by atoms with E-state index in [1.165, 1.54) is 0 Å². The fourth-order valence-electron chi connectivity index (χ4n) is 4.01. The topological polar surface area (TPSA) is 64.7 Å². The SMILES string of the molecule is O=C(NC1CC1)[C@H]1CN(C2CCN(C(=O)c3ccccc3)CC2)CCN1. The highest BCUT2D eigenvalue weighted by Crippen LogP contribution is 2.21. The Morgan fingerprint density at radius 1 is 1.00 bits per heavy atom. The van der Waals surface area contributed by atoms with E-state index in [4.69, 9.17) is 0 Å². The number of hydrogen-bond acceptors (Lipinski definition) is 4. The van der Waals surface area contributed by atoms with Crippen molar-refractivity contribution in [1.82, 2.24) is 20.4 Å². The lowest BCUT2D eigenvalue weighted by Gasteiger charge is -2.42. The van der Waals surface area contributed by atoms with Crippen LogP contribution in [0.3, 0.4) is 0 Å². The van der Waals surface area contributed by atoms with Crippen LogP contribution in [-0.2, 0) is 4.79 Å². The number of piperidine rings is 1. The van der Waals surface area contributed by atoms with Crippen LogP contribution >= 0.6 is 0 Å². The maximum atomic E-state index is 12.6. The van der Waals surface area contributed by atoms with E-state index in [9.17, 15) is 9.59 Å². The quantitative estimate of drug-likeness (QED) is 0.839. The second kappa shape index (κ2) is 7.76. The molecule has 0 unspecified atom stereocenters. The molecule has 1 aromatic carbocycles. The maximum Gasteiger partial charge on any atom is 0.253 e. The van der Waals surface area contributed by atoms with Crippen LogP contribution in [0.2, 0.25) is 0 Å². The molecule has 2 N–H and O–H groups in total. The van der Waals surface area contributed by atoms with Gasteiger partial charge < -0.3 is 15.5 Å². The number of amides is 2. The molecule has 140 valence electrons. The number of benzene rings is 1. The van der Waals surface area contributed by atoms with E-state index in [2.05, 4.69) is 15.5 Å². The van der Waals surface area contributed by atoms with Gasteiger partial charge in [0.25, 0.3) is 5.91 Å². The van der Waals surface area contributed by atoms with Gasteiger partial charge in [-0.1, -0.05) is 18.2 Å². The molecule has 1 saturated carbocycles. The van der Waals surface area contributed by atoms with Crippen molar-refractivity contribution in [2.75, 3.05) is 32.7 Å². The molecule has 6 nitrogen and oxygen atoms in total. The maximum absolute atomic E-state index is 12.6. The van der Waals surface area contributed by atoms with Crippen LogP contribution in [0, 0.1) is 0 Å². The third kappa shape index (κ3) is 4.07. The van der Waals surface area contributed by atoms with Crippen LogP contribution in [-0.4, -0.2) is 72.5 Å². The van der Waals surface area contributed by atoms with Gasteiger partial charge >= 0.3 is 0 Å². The zero-order valence-electron chi connectivity index (χ0n) is 15.2. The summed E-state index contributed by atoms with van der Waals surface area (Å²) in [4.78, 5) is 29.3. The Morgan fingerprint density at radius 2 is 1.73 bits per heavy atom. The van der Waals surface area contributed by atoms with Crippen molar-refractivity contribution in [1.29, 1.82) is 0 Å². The summed E-state index contributed by atoms with van der Waals surface area (Å²) in [6.07, 6.45) is 4.21. The van der Waals surface area contributed by atoms with Crippen LogP contribution in [0.5, 0.6) is 0 Å². The zero-order chi connectivity index (χ0) is 17.9. The largest absolute Gasteiger partial charge is 0.352 e. The summed E-state index contributed by atoms with van der Waals surface area (Å²) >= 11 is 0. The fraction of sp³-hybridized carbons (Fsp3) is 0.600. The first kappa shape index (κ1) is 17.5. The first-order valence-electron chi connectivity index (χ1n) is 9.83. The number of likely N-dealkylation sites (tertiary alicyclic amines) is 1. The van der Waals surface area contributed by atoms with Crippen LogP contribution in [0.15, 0.2) is 30.3 Å². The summed E-state index contributed by atoms with van der Waals surface area (Å²) in [5, 5.41) is 6.46. The molecular formula is C20H28N4O2. The Hall–Kier alpha value is -1.92. The van der Waals surface area contributed by atoms with Crippen LogP contribution < -0.4 is 10.6 Å². The molecule has 2 saturated heterocycles. The van der Waals surface area contributed by atoms with Crippen LogP contribution in [0.25, 0.3) is 0 Å². The van der Waals surface area contributed by atoms with Crippen molar-refractivity contribution in [3.8, 4) is 0 Å². The van der Waals surface area contributed by atoms with Crippen LogP contribution in [0.1, 0.15) is 36.0 Å². The molecule has 0 radical (unpaired) electrons. The molecule has 2 heterocycles. The molecule has 1 aliphatic carbocycles. The van der Waals surface area contributed by atoms with Gasteiger partial charge in [0, 0.05) is 50.4 Å². The lowest BCUT2D eigenvalue weighted by atomic mass is 10.00. The summed E-state index contributed by atoms with van der Waals surface area (Å²) in [5.74, 6) is 0.278. The Bertz CT molecular complexity index is 638. The van der Waals surface area contributed by atoms with E-state index in [0.717, 1.165) is 64.0 Å². The third-order valence-electron chi connectivity index (χ3n) is 5.74. The average Bonchev–Trinajstić information content (AvgIpc) is 3.52. The molecule has 0 aromatic heterocycles. The molecule has 2 aliphatic heterocycles. The predicted molar refractivity (Wildman–Crippen MR) is 99.9 cm³/mol. The highest BCUT2D eigenvalue weighted by molar-refractivity contribution is 5.94. The number of hydrogen-bond donors (Lipinski definition) is 2. The molecule has 3 aliphatic rings. The Kier molecular flexibility index (Phi) is 5.22. The van der Waals surface area contributed by atoms with Crippen molar-refractivity contribution >= 4 is 11.8 Å². The standard InChI is InChI=1S/C20H28N4O2/c25-19(22-16-6-7-16)18-14-24(13-10-21-18)17-8-11-23(12-9-17)20(26)15-4-2-1-3-5-15/h1-5,16-18,21H,6-14H2,(H,22,25)/t18-/m1/s1. The van der Waals surface area contributed by atoms with Crippen molar-refractivity contribution in [3.63, 3.8) is 0 Å². The minimum atomic E-state index is -0.103. The highest BCUT2D eigenvalue weighted by atomic mass is 16.2. The lowest BCUT2D eigenvalue weighted by molar-refractivity contribution is -0.124. The monoisotopic (exact) mass is 356 g/mol. The lowest BCUT2D eigenvalue weighted by Crippen LogP contribution is -2.60. The molecule has 1 atom stereocenters. The van der Waals surface area contributed by atoms with Gasteiger partial charge in [-0.15, -0.1) is 0 Å². The van der Waals surface area contributed by atoms with E-state index in [1.807, 2.05) is 35.2 Å². The van der Waals surface area contributed by atoms with Gasteiger partial charge in [-0.3, -0.25) is 14.5 Å². The van der Waals surface area contributed by atoms with Gasteiger partial charge in [0.1, 0.15) is 0 Å². The number of nitrogens with one attached hydrogen (secondary N) is 2. The molecule has 3 fully saturated rings. The average molecular weight is 356 g/mol. The van der Waals surface area contributed by atoms with E-state index in [0.29, 0.717) is 12.1 Å². The van der Waals surface area contributed by atoms with Crippen molar-refractivity contribution in [2.45, 2.75) is 43.8 Å². The zero-order valence-corrected chi connectivity index (χ0v) is 15.2. The minimum absolute atomic E-state index is 0.103. The van der Waals surface area contributed by atoms with Crippen molar-refractivity contribution < 1.29 is 9.59 Å². The van der Waals surface area contributed by atoms with Crippen molar-refractivity contribution in [3.05, 3.63) is 35.9 Å². The normalized spacial score (nSPS) is 25.1. The van der Waals surface area contributed by atoms with Gasteiger partial charge in [-0.05, 0) is 37.8 Å². The minimum Gasteiger partial charge on any atom is -0.352 e. The molecule has 26 heavy (non-hydrogen) atoms. The Labute approximate surface area is 154 Å². The first-order chi connectivity index (χ1) is 12.7. The second-order valence-electron chi connectivity index (χ2n) is 7.67. The first-order valence-corrected chi connectivity index (χ1v) is 9.83. The molecule has 6 heteroatoms. The van der Waals surface area contributed by atoms with E-state index in [1.54, 1.807) is 0 Å². The van der Waals surface area contributed by atoms with Gasteiger partial charge in [-0.2, -0.15) is 0 Å². The fourth-order valence-corrected chi connectivity index (χ4v) is 4.01. The predicted octanol–water partition coefficient (Wildman–Crippen LogP) is 0.844. The third-order valence-corrected chi connectivity index (χ3v) is 5.74. The molecule has 2 amide bonds. The molecule has 1 aromatic rings. The summed E-state index contributed by atoms with van der Waals surface area (Å²) in [6, 6.07) is 10.3. The highest BCUT2D eigenvalue weighted by Gasteiger charge is 2.34. The summed E-state index contributed by atoms with van der Waals surface area (Å²) in [5.41, 5.74) is 0.768. The number of nitrogens with zero attached hydrogens (tertiary/aromatic N) is 2. The van der Waals surface area contributed by atoms with E-state index >= 15 is 0 Å². The van der Waals surface area contributed by atoms with Crippen LogP contribution in [0.4, 0.5) is 0 Å². The summed E-state index contributed by atoms with van der Waals surface area (Å²) < 4.78 is 0. The van der Waals surface area contributed by atoms with Crippen molar-refractivity contribution in [2.24, 2.45) is 0 Å². The number of rotatable bonds is 4. The number of piperazine rings is 1.